The highest BCUT2D eigenvalue weighted by Crippen LogP contribution is 2.58. The molecule has 2 atom stereocenters. The summed E-state index contributed by atoms with van der Waals surface area (Å²) in [4.78, 5) is 18.8. The SMILES string of the molecule is CCCCCCC(O)CCCC1OC2(P(=O)(O)O)OCC1CO2. The van der Waals surface area contributed by atoms with E-state index in [1.54, 1.807) is 0 Å². The zero-order valence-electron chi connectivity index (χ0n) is 13.7. The quantitative estimate of drug-likeness (QED) is 0.409. The number of rotatable bonds is 10. The highest BCUT2D eigenvalue weighted by atomic mass is 31.2. The molecule has 7 nitrogen and oxygen atoms in total. The average Bonchev–Trinajstić information content (AvgIpc) is 2.52. The molecular weight excluding hydrogens is 323 g/mol. The molecule has 2 bridgehead atoms. The molecule has 23 heavy (non-hydrogen) atoms. The van der Waals surface area contributed by atoms with Crippen LogP contribution in [0.5, 0.6) is 0 Å². The van der Waals surface area contributed by atoms with Crippen molar-refractivity contribution in [3.05, 3.63) is 0 Å². The molecule has 0 radical (unpaired) electrons. The van der Waals surface area contributed by atoms with E-state index in [2.05, 4.69) is 6.92 Å². The summed E-state index contributed by atoms with van der Waals surface area (Å²) in [6, 6.07) is 0. The van der Waals surface area contributed by atoms with E-state index in [-0.39, 0.29) is 31.3 Å². The summed E-state index contributed by atoms with van der Waals surface area (Å²) in [6.07, 6.45) is 6.88. The molecule has 3 saturated heterocycles. The van der Waals surface area contributed by atoms with Crippen molar-refractivity contribution < 1.29 is 33.7 Å². The molecule has 3 aliphatic rings. The Kier molecular flexibility index (Phi) is 7.04. The van der Waals surface area contributed by atoms with Gasteiger partial charge in [0.2, 0.25) is 0 Å². The van der Waals surface area contributed by atoms with Gasteiger partial charge in [-0.1, -0.05) is 32.6 Å². The first-order chi connectivity index (χ1) is 10.9. The molecule has 2 unspecified atom stereocenters. The van der Waals surface area contributed by atoms with Gasteiger partial charge in [0.1, 0.15) is 0 Å². The van der Waals surface area contributed by atoms with Crippen LogP contribution in [0.15, 0.2) is 0 Å². The molecule has 3 aliphatic heterocycles. The maximum absolute atomic E-state index is 11.5. The van der Waals surface area contributed by atoms with E-state index in [9.17, 15) is 19.5 Å². The molecule has 0 saturated carbocycles. The Balaban J connectivity index is 1.71. The largest absolute Gasteiger partial charge is 0.415 e. The standard InChI is InChI=1S/C15H29O7P/c1-2-3-4-5-7-13(16)8-6-9-14-12-10-20-15(22-14,21-11-12)23(17,18)19/h12-14,16H,2-11H2,1H3,(H2,17,18,19). The van der Waals surface area contributed by atoms with Gasteiger partial charge in [-0.05, 0) is 25.7 Å². The Hall–Kier alpha value is -0.0100. The van der Waals surface area contributed by atoms with E-state index in [1.165, 1.54) is 12.8 Å². The molecule has 0 aromatic rings. The van der Waals surface area contributed by atoms with Crippen molar-refractivity contribution in [2.45, 2.75) is 76.2 Å². The topological polar surface area (TPSA) is 105 Å². The third-order valence-corrected chi connectivity index (χ3v) is 5.64. The van der Waals surface area contributed by atoms with Crippen molar-refractivity contribution >= 4 is 7.60 Å². The summed E-state index contributed by atoms with van der Waals surface area (Å²) in [5.74, 6) is -0.00915. The van der Waals surface area contributed by atoms with Crippen molar-refractivity contribution in [2.75, 3.05) is 13.2 Å². The highest BCUT2D eigenvalue weighted by molar-refractivity contribution is 7.52. The molecule has 0 aromatic carbocycles. The lowest BCUT2D eigenvalue weighted by molar-refractivity contribution is -0.428. The second kappa shape index (κ2) is 8.39. The first-order valence-electron chi connectivity index (χ1n) is 8.57. The Morgan fingerprint density at radius 1 is 1.13 bits per heavy atom. The van der Waals surface area contributed by atoms with Crippen LogP contribution in [0.25, 0.3) is 0 Å². The summed E-state index contributed by atoms with van der Waals surface area (Å²) in [5, 5.41) is 9.98. The highest BCUT2D eigenvalue weighted by Gasteiger charge is 2.61. The van der Waals surface area contributed by atoms with Gasteiger partial charge in [-0.2, -0.15) is 0 Å². The molecule has 0 aliphatic carbocycles. The van der Waals surface area contributed by atoms with Crippen LogP contribution in [-0.2, 0) is 18.8 Å². The van der Waals surface area contributed by atoms with E-state index < -0.39 is 13.3 Å². The maximum Gasteiger partial charge on any atom is 0.415 e. The Bertz CT molecular complexity index is 403. The van der Waals surface area contributed by atoms with E-state index in [4.69, 9.17) is 14.2 Å². The number of unbranched alkanes of at least 4 members (excludes halogenated alkanes) is 3. The predicted octanol–water partition coefficient (Wildman–Crippen LogP) is 2.34. The fourth-order valence-corrected chi connectivity index (χ4v) is 3.88. The molecule has 8 heteroatoms. The van der Waals surface area contributed by atoms with Crippen molar-refractivity contribution in [2.24, 2.45) is 5.92 Å². The number of ether oxygens (including phenoxy) is 3. The second-order valence-electron chi connectivity index (χ2n) is 6.54. The van der Waals surface area contributed by atoms with Crippen LogP contribution >= 0.6 is 7.60 Å². The number of fused-ring (bicyclic) bond motifs is 3. The third kappa shape index (κ3) is 4.98. The van der Waals surface area contributed by atoms with Gasteiger partial charge in [0.15, 0.2) is 0 Å². The van der Waals surface area contributed by atoms with Crippen molar-refractivity contribution in [1.82, 2.24) is 0 Å². The van der Waals surface area contributed by atoms with Crippen molar-refractivity contribution in [1.29, 1.82) is 0 Å². The van der Waals surface area contributed by atoms with E-state index in [0.29, 0.717) is 12.8 Å². The van der Waals surface area contributed by atoms with Gasteiger partial charge in [0.25, 0.3) is 0 Å². The fourth-order valence-electron chi connectivity index (χ4n) is 3.12. The molecule has 0 amide bonds. The van der Waals surface area contributed by atoms with Crippen LogP contribution in [0.1, 0.15) is 58.3 Å². The molecular formula is C15H29O7P. The zero-order valence-corrected chi connectivity index (χ0v) is 14.6. The Morgan fingerprint density at radius 3 is 2.39 bits per heavy atom. The van der Waals surface area contributed by atoms with Crippen molar-refractivity contribution in [3.63, 3.8) is 0 Å². The monoisotopic (exact) mass is 352 g/mol. The number of aliphatic hydroxyl groups excluding tert-OH is 1. The van der Waals surface area contributed by atoms with Gasteiger partial charge in [0.05, 0.1) is 25.4 Å². The van der Waals surface area contributed by atoms with Crippen LogP contribution in [0.4, 0.5) is 0 Å². The van der Waals surface area contributed by atoms with Gasteiger partial charge >= 0.3 is 13.3 Å². The molecule has 136 valence electrons. The normalized spacial score (nSPS) is 32.2. The number of aliphatic hydroxyl groups is 1. The Labute approximate surface area is 137 Å². The first kappa shape index (κ1) is 19.3. The van der Waals surface area contributed by atoms with Crippen LogP contribution in [0, 0.1) is 5.92 Å². The summed E-state index contributed by atoms with van der Waals surface area (Å²) in [5.41, 5.74) is -2.22. The second-order valence-corrected chi connectivity index (χ2v) is 8.18. The fraction of sp³-hybridized carbons (Fsp3) is 1.00. The Morgan fingerprint density at radius 2 is 1.78 bits per heavy atom. The van der Waals surface area contributed by atoms with Gasteiger partial charge in [-0.3, -0.25) is 4.57 Å². The molecule has 0 aromatic heterocycles. The molecule has 0 spiro atoms. The van der Waals surface area contributed by atoms with Crippen LogP contribution < -0.4 is 0 Å². The maximum atomic E-state index is 11.5. The first-order valence-corrected chi connectivity index (χ1v) is 10.2. The van der Waals surface area contributed by atoms with Crippen LogP contribution in [0.3, 0.4) is 0 Å². The minimum absolute atomic E-state index is 0.00915. The lowest BCUT2D eigenvalue weighted by Crippen LogP contribution is -2.57. The summed E-state index contributed by atoms with van der Waals surface area (Å²) in [6.45, 7) is 2.62. The lowest BCUT2D eigenvalue weighted by atomic mass is 9.95. The van der Waals surface area contributed by atoms with Crippen LogP contribution in [0.2, 0.25) is 0 Å². The predicted molar refractivity (Wildman–Crippen MR) is 83.7 cm³/mol. The number of hydrogen-bond donors (Lipinski definition) is 3. The summed E-state index contributed by atoms with van der Waals surface area (Å²) < 4.78 is 27.2. The van der Waals surface area contributed by atoms with Gasteiger partial charge < -0.3 is 29.1 Å². The molecule has 3 N–H and O–H groups in total. The van der Waals surface area contributed by atoms with E-state index >= 15 is 0 Å². The van der Waals surface area contributed by atoms with Gasteiger partial charge in [-0.15, -0.1) is 0 Å². The minimum atomic E-state index is -4.66. The molecule has 3 rings (SSSR count). The summed E-state index contributed by atoms with van der Waals surface area (Å²) in [7, 11) is -4.66. The number of hydrogen-bond acceptors (Lipinski definition) is 5. The molecule has 3 fully saturated rings. The lowest BCUT2D eigenvalue weighted by Gasteiger charge is -2.48. The van der Waals surface area contributed by atoms with Gasteiger partial charge in [0, 0.05) is 5.92 Å². The smallest absolute Gasteiger partial charge is 0.393 e. The molecule has 3 heterocycles. The van der Waals surface area contributed by atoms with Crippen molar-refractivity contribution in [3.8, 4) is 0 Å². The van der Waals surface area contributed by atoms with E-state index in [0.717, 1.165) is 25.7 Å². The zero-order chi connectivity index (χ0) is 16.9. The van der Waals surface area contributed by atoms with Crippen LogP contribution in [-0.4, -0.2) is 46.0 Å². The average molecular weight is 352 g/mol. The summed E-state index contributed by atoms with van der Waals surface area (Å²) >= 11 is 0. The van der Waals surface area contributed by atoms with Gasteiger partial charge in [-0.25, -0.2) is 0 Å². The minimum Gasteiger partial charge on any atom is -0.393 e. The van der Waals surface area contributed by atoms with E-state index in [1.807, 2.05) is 0 Å². The third-order valence-electron chi connectivity index (χ3n) is 4.56.